The second-order valence-corrected chi connectivity index (χ2v) is 1.80. The Morgan fingerprint density at radius 2 is 2.62 bits per heavy atom. The van der Waals surface area contributed by atoms with E-state index in [0.717, 1.165) is 25.1 Å². The number of azo groups is 1. The fraction of sp³-hybridized carbons (Fsp3) is 0.667. The molecule has 2 heteroatoms. The fourth-order valence-corrected chi connectivity index (χ4v) is 0.686. The molecule has 0 unspecified atom stereocenters. The van der Waals surface area contributed by atoms with Crippen molar-refractivity contribution in [2.75, 3.05) is 6.54 Å². The maximum atomic E-state index is 3.93. The lowest BCUT2D eigenvalue weighted by molar-refractivity contribution is 0.825. The van der Waals surface area contributed by atoms with E-state index in [1.807, 2.05) is 0 Å². The van der Waals surface area contributed by atoms with Crippen LogP contribution < -0.4 is 0 Å². The van der Waals surface area contributed by atoms with E-state index < -0.39 is 0 Å². The summed E-state index contributed by atoms with van der Waals surface area (Å²) in [5.74, 6) is 0. The van der Waals surface area contributed by atoms with Crippen molar-refractivity contribution in [3.05, 3.63) is 11.8 Å². The lowest BCUT2D eigenvalue weighted by Gasteiger charge is -1.99. The quantitative estimate of drug-likeness (QED) is 0.494. The Hall–Kier alpha value is -0.660. The van der Waals surface area contributed by atoms with Crippen LogP contribution in [0.2, 0.25) is 0 Å². The van der Waals surface area contributed by atoms with Crippen LogP contribution in [0.15, 0.2) is 22.0 Å². The van der Waals surface area contributed by atoms with Crippen LogP contribution >= 0.6 is 0 Å². The molecule has 0 aromatic heterocycles. The van der Waals surface area contributed by atoms with Crippen LogP contribution in [-0.2, 0) is 0 Å². The van der Waals surface area contributed by atoms with Crippen molar-refractivity contribution in [3.63, 3.8) is 0 Å². The summed E-state index contributed by atoms with van der Waals surface area (Å²) in [6.45, 7) is 2.97. The molecule has 0 saturated carbocycles. The van der Waals surface area contributed by atoms with E-state index in [1.54, 1.807) is 0 Å². The summed E-state index contributed by atoms with van der Waals surface area (Å²) in [5, 5.41) is 7.82. The minimum absolute atomic E-state index is 0.878. The van der Waals surface area contributed by atoms with Gasteiger partial charge in [0.15, 0.2) is 0 Å². The van der Waals surface area contributed by atoms with Crippen molar-refractivity contribution in [3.8, 4) is 0 Å². The summed E-state index contributed by atoms with van der Waals surface area (Å²) >= 11 is 0. The molecule has 0 bridgehead atoms. The normalized spacial score (nSPS) is 18.4. The molecule has 0 saturated heterocycles. The van der Waals surface area contributed by atoms with Crippen LogP contribution in [-0.4, -0.2) is 6.54 Å². The van der Waals surface area contributed by atoms with Crippen molar-refractivity contribution in [1.29, 1.82) is 0 Å². The van der Waals surface area contributed by atoms with Gasteiger partial charge in [0.25, 0.3) is 0 Å². The van der Waals surface area contributed by atoms with E-state index in [1.165, 1.54) is 0 Å². The second kappa shape index (κ2) is 2.60. The predicted molar refractivity (Wildman–Crippen MR) is 32.7 cm³/mol. The Bertz CT molecular complexity index is 124. The van der Waals surface area contributed by atoms with E-state index in [4.69, 9.17) is 0 Å². The van der Waals surface area contributed by atoms with Gasteiger partial charge in [-0.05, 0) is 12.8 Å². The molecule has 0 aliphatic carbocycles. The summed E-state index contributed by atoms with van der Waals surface area (Å²) in [7, 11) is 0. The Morgan fingerprint density at radius 3 is 3.00 bits per heavy atom. The van der Waals surface area contributed by atoms with Gasteiger partial charge in [-0.1, -0.05) is 13.0 Å². The molecule has 1 rings (SSSR count). The van der Waals surface area contributed by atoms with Crippen LogP contribution in [0.4, 0.5) is 0 Å². The van der Waals surface area contributed by atoms with Crippen LogP contribution in [0.25, 0.3) is 0 Å². The van der Waals surface area contributed by atoms with E-state index in [-0.39, 0.29) is 0 Å². The summed E-state index contributed by atoms with van der Waals surface area (Å²) in [5.41, 5.74) is 1.14. The molecule has 0 aromatic rings. The van der Waals surface area contributed by atoms with Gasteiger partial charge in [-0.3, -0.25) is 0 Å². The Morgan fingerprint density at radius 1 is 1.75 bits per heavy atom. The first-order valence-electron chi connectivity index (χ1n) is 3.00. The largest absolute Gasteiger partial charge is 0.189 e. The topological polar surface area (TPSA) is 24.7 Å². The van der Waals surface area contributed by atoms with Crippen LogP contribution in [0.1, 0.15) is 19.8 Å². The fourth-order valence-electron chi connectivity index (χ4n) is 0.686. The van der Waals surface area contributed by atoms with E-state index in [9.17, 15) is 0 Å². The van der Waals surface area contributed by atoms with Crippen LogP contribution in [0, 0.1) is 0 Å². The molecule has 0 aromatic carbocycles. The Labute approximate surface area is 49.3 Å². The number of hydrogen-bond donors (Lipinski definition) is 0. The van der Waals surface area contributed by atoms with Gasteiger partial charge in [-0.15, -0.1) is 0 Å². The molecule has 0 atom stereocenters. The molecule has 2 nitrogen and oxygen atoms in total. The molecule has 1 heterocycles. The predicted octanol–water partition coefficient (Wildman–Crippen LogP) is 2.14. The lowest BCUT2D eigenvalue weighted by Crippen LogP contribution is -1.85. The molecule has 0 radical (unpaired) electrons. The highest BCUT2D eigenvalue weighted by atomic mass is 15.1. The molecule has 0 fully saturated rings. The van der Waals surface area contributed by atoms with E-state index >= 15 is 0 Å². The first kappa shape index (κ1) is 5.48. The highest BCUT2D eigenvalue weighted by Crippen LogP contribution is 2.08. The zero-order chi connectivity index (χ0) is 5.82. The average molecular weight is 110 g/mol. The van der Waals surface area contributed by atoms with E-state index in [2.05, 4.69) is 23.2 Å². The third kappa shape index (κ3) is 1.15. The summed E-state index contributed by atoms with van der Waals surface area (Å²) in [6, 6.07) is 0. The number of nitrogens with zero attached hydrogens (tertiary/aromatic N) is 2. The van der Waals surface area contributed by atoms with Crippen molar-refractivity contribution < 1.29 is 0 Å². The monoisotopic (exact) mass is 110 g/mol. The molecule has 44 valence electrons. The van der Waals surface area contributed by atoms with Gasteiger partial charge >= 0.3 is 0 Å². The molecule has 1 aliphatic rings. The minimum atomic E-state index is 0.878. The Kier molecular flexibility index (Phi) is 1.78. The summed E-state index contributed by atoms with van der Waals surface area (Å²) < 4.78 is 0. The van der Waals surface area contributed by atoms with E-state index in [0.29, 0.717) is 0 Å². The SMILES string of the molecule is CCC1=CCCN=N1. The van der Waals surface area contributed by atoms with Crippen LogP contribution in [0.3, 0.4) is 0 Å². The third-order valence-corrected chi connectivity index (χ3v) is 1.17. The average Bonchev–Trinajstić information content (AvgIpc) is 1.90. The Balaban J connectivity index is 2.51. The molecule has 8 heavy (non-hydrogen) atoms. The molecular formula is C6H10N2. The smallest absolute Gasteiger partial charge is 0.0638 e. The number of allylic oxidation sites excluding steroid dienone is 1. The highest BCUT2D eigenvalue weighted by molar-refractivity contribution is 5.00. The molecule has 1 aliphatic heterocycles. The van der Waals surface area contributed by atoms with Gasteiger partial charge in [-0.25, -0.2) is 0 Å². The lowest BCUT2D eigenvalue weighted by atomic mass is 10.2. The zero-order valence-electron chi connectivity index (χ0n) is 5.09. The molecular weight excluding hydrogens is 100 g/mol. The van der Waals surface area contributed by atoms with Gasteiger partial charge in [0.2, 0.25) is 0 Å². The highest BCUT2D eigenvalue weighted by Gasteiger charge is 1.93. The maximum absolute atomic E-state index is 3.93. The van der Waals surface area contributed by atoms with Gasteiger partial charge < -0.3 is 0 Å². The van der Waals surface area contributed by atoms with Crippen molar-refractivity contribution in [2.24, 2.45) is 10.2 Å². The first-order valence-corrected chi connectivity index (χ1v) is 3.00. The van der Waals surface area contributed by atoms with Gasteiger partial charge in [0.05, 0.1) is 12.2 Å². The number of hydrogen-bond acceptors (Lipinski definition) is 2. The number of rotatable bonds is 1. The summed E-state index contributed by atoms with van der Waals surface area (Å²) in [4.78, 5) is 0. The van der Waals surface area contributed by atoms with Gasteiger partial charge in [-0.2, -0.15) is 10.2 Å². The molecule has 0 amide bonds. The van der Waals surface area contributed by atoms with Gasteiger partial charge in [0, 0.05) is 0 Å². The second-order valence-electron chi connectivity index (χ2n) is 1.80. The maximum Gasteiger partial charge on any atom is 0.0638 e. The van der Waals surface area contributed by atoms with Crippen molar-refractivity contribution in [1.82, 2.24) is 0 Å². The molecule has 0 spiro atoms. The third-order valence-electron chi connectivity index (χ3n) is 1.17. The van der Waals surface area contributed by atoms with Crippen molar-refractivity contribution >= 4 is 0 Å². The van der Waals surface area contributed by atoms with Crippen LogP contribution in [0.5, 0.6) is 0 Å². The summed E-state index contributed by atoms with van der Waals surface area (Å²) in [6.07, 6.45) is 4.24. The standard InChI is InChI=1S/C6H10N2/c1-2-6-4-3-5-7-8-6/h4H,2-3,5H2,1H3. The zero-order valence-corrected chi connectivity index (χ0v) is 5.09. The van der Waals surface area contributed by atoms with Gasteiger partial charge in [0.1, 0.15) is 0 Å². The van der Waals surface area contributed by atoms with Crippen molar-refractivity contribution in [2.45, 2.75) is 19.8 Å². The minimum Gasteiger partial charge on any atom is -0.189 e. The molecule has 0 N–H and O–H groups in total. The first-order chi connectivity index (χ1) is 3.93.